The van der Waals surface area contributed by atoms with Crippen LogP contribution in [0.3, 0.4) is 0 Å². The lowest BCUT2D eigenvalue weighted by Gasteiger charge is -2.30. The summed E-state index contributed by atoms with van der Waals surface area (Å²) in [5, 5.41) is 15.4. The number of nitrogens with one attached hydrogen (secondary N) is 2. The monoisotopic (exact) mass is 547 g/mol. The topological polar surface area (TPSA) is 116 Å². The molecule has 1 aliphatic heterocycles. The third-order valence-corrected chi connectivity index (χ3v) is 6.83. The zero-order valence-electron chi connectivity index (χ0n) is 23.2. The number of carbonyl (C=O) groups excluding carboxylic acids is 2. The maximum Gasteiger partial charge on any atom is 0.323 e. The Bertz CT molecular complexity index is 1270. The van der Waals surface area contributed by atoms with Gasteiger partial charge < -0.3 is 30.1 Å². The van der Waals surface area contributed by atoms with Crippen molar-refractivity contribution in [2.45, 2.75) is 38.5 Å². The summed E-state index contributed by atoms with van der Waals surface area (Å²) in [5.74, 6) is 1.20. The van der Waals surface area contributed by atoms with Crippen LogP contribution in [0.15, 0.2) is 67.0 Å². The first kappa shape index (κ1) is 28.8. The molecule has 10 heteroatoms. The van der Waals surface area contributed by atoms with E-state index in [2.05, 4.69) is 20.5 Å². The van der Waals surface area contributed by atoms with Crippen molar-refractivity contribution >= 4 is 23.3 Å². The molecule has 0 saturated heterocycles. The highest BCUT2D eigenvalue weighted by molar-refractivity contribution is 6.00. The smallest absolute Gasteiger partial charge is 0.323 e. The third-order valence-electron chi connectivity index (χ3n) is 6.83. The van der Waals surface area contributed by atoms with Crippen LogP contribution in [0.4, 0.5) is 16.2 Å². The summed E-state index contributed by atoms with van der Waals surface area (Å²) in [6, 6.07) is 15.6. The first-order valence-corrected chi connectivity index (χ1v) is 13.3. The van der Waals surface area contributed by atoms with Crippen molar-refractivity contribution in [2.24, 2.45) is 0 Å². The molecule has 0 aliphatic carbocycles. The van der Waals surface area contributed by atoms with Gasteiger partial charge in [0.15, 0.2) is 0 Å². The largest absolute Gasteiger partial charge is 0.497 e. The van der Waals surface area contributed by atoms with E-state index < -0.39 is 6.03 Å². The van der Waals surface area contributed by atoms with Gasteiger partial charge in [0.1, 0.15) is 17.6 Å². The highest BCUT2D eigenvalue weighted by Gasteiger charge is 2.27. The van der Waals surface area contributed by atoms with E-state index in [1.54, 1.807) is 66.9 Å². The molecule has 0 fully saturated rings. The molecule has 212 valence electrons. The summed E-state index contributed by atoms with van der Waals surface area (Å²) in [6.45, 7) is 3.55. The van der Waals surface area contributed by atoms with Crippen LogP contribution in [0.25, 0.3) is 0 Å². The van der Waals surface area contributed by atoms with Crippen molar-refractivity contribution < 1.29 is 24.2 Å². The Morgan fingerprint density at radius 2 is 1.85 bits per heavy atom. The summed E-state index contributed by atoms with van der Waals surface area (Å²) in [4.78, 5) is 33.9. The van der Waals surface area contributed by atoms with Crippen LogP contribution >= 0.6 is 0 Å². The Labute approximate surface area is 234 Å². The van der Waals surface area contributed by atoms with Gasteiger partial charge in [0.2, 0.25) is 5.91 Å². The molecule has 10 nitrogen and oxygen atoms in total. The van der Waals surface area contributed by atoms with E-state index in [9.17, 15) is 14.7 Å². The lowest BCUT2D eigenvalue weighted by Crippen LogP contribution is -2.43. The number of ether oxygens (including phenoxy) is 2. The van der Waals surface area contributed by atoms with Crippen LogP contribution in [0.5, 0.6) is 11.5 Å². The van der Waals surface area contributed by atoms with E-state index in [-0.39, 0.29) is 31.1 Å². The fraction of sp³-hybridized carbons (Fsp3) is 0.367. The van der Waals surface area contributed by atoms with Crippen LogP contribution in [-0.2, 0) is 17.8 Å². The van der Waals surface area contributed by atoms with Crippen LogP contribution in [-0.4, -0.2) is 77.8 Å². The lowest BCUT2D eigenvalue weighted by molar-refractivity contribution is -0.133. The number of anilines is 2. The number of aromatic nitrogens is 1. The summed E-state index contributed by atoms with van der Waals surface area (Å²) in [7, 11) is 3.61. The number of fused-ring (bicyclic) bond motifs is 1. The first-order chi connectivity index (χ1) is 19.3. The molecule has 2 aromatic carbocycles. The van der Waals surface area contributed by atoms with E-state index in [1.165, 1.54) is 0 Å². The average Bonchev–Trinajstić information content (AvgIpc) is 3.00. The molecule has 0 saturated carbocycles. The Hall–Kier alpha value is -4.15. The Morgan fingerprint density at radius 1 is 1.15 bits per heavy atom. The number of aliphatic hydroxyl groups excluding tert-OH is 1. The quantitative estimate of drug-likeness (QED) is 0.374. The molecule has 3 aromatic rings. The second-order valence-electron chi connectivity index (χ2n) is 10.0. The maximum absolute atomic E-state index is 13.3. The van der Waals surface area contributed by atoms with Gasteiger partial charge in [-0.3, -0.25) is 14.7 Å². The van der Waals surface area contributed by atoms with Gasteiger partial charge in [-0.05, 0) is 74.1 Å². The molecule has 0 unspecified atom stereocenters. The minimum absolute atomic E-state index is 0.0921. The van der Waals surface area contributed by atoms with Gasteiger partial charge in [-0.25, -0.2) is 4.79 Å². The van der Waals surface area contributed by atoms with Crippen molar-refractivity contribution in [1.82, 2.24) is 14.8 Å². The Balaban J connectivity index is 1.51. The van der Waals surface area contributed by atoms with Crippen LogP contribution < -0.4 is 20.1 Å². The zero-order chi connectivity index (χ0) is 28.5. The van der Waals surface area contributed by atoms with Gasteiger partial charge in [0, 0.05) is 55.4 Å². The average molecular weight is 548 g/mol. The fourth-order valence-corrected chi connectivity index (χ4v) is 4.69. The zero-order valence-corrected chi connectivity index (χ0v) is 23.2. The normalized spacial score (nSPS) is 16.2. The fourth-order valence-electron chi connectivity index (χ4n) is 4.69. The van der Waals surface area contributed by atoms with Crippen LogP contribution in [0.1, 0.15) is 24.5 Å². The first-order valence-electron chi connectivity index (χ1n) is 13.3. The summed E-state index contributed by atoms with van der Waals surface area (Å²) in [6.07, 6.45) is 4.06. The number of pyridine rings is 1. The SMILES string of the molecule is COc1ccc(NC(=O)Nc2ccc3c(c2)CC(=O)N([C@@H](C)CO)CC[C@H](CN(C)Cc2ccncc2)O3)cc1. The number of benzene rings is 2. The standard InChI is InChI=1S/C30H37N5O5/c1-21(20-36)35-15-12-27(19-34(2)18-22-10-13-31-14-11-22)40-28-9-6-25(16-23(28)17-29(35)37)33-30(38)32-24-4-7-26(39-3)8-5-24/h4-11,13-14,16,21,27,36H,12,15,17-20H2,1-3H3,(H2,32,33,38)/t21-,27+/m0/s1. The third kappa shape index (κ3) is 7.93. The van der Waals surface area contributed by atoms with Gasteiger partial charge in [-0.15, -0.1) is 0 Å². The Morgan fingerprint density at radius 3 is 2.55 bits per heavy atom. The van der Waals surface area contributed by atoms with Gasteiger partial charge in [-0.2, -0.15) is 0 Å². The molecule has 0 bridgehead atoms. The highest BCUT2D eigenvalue weighted by Crippen LogP contribution is 2.28. The number of hydrogen-bond acceptors (Lipinski definition) is 7. The minimum Gasteiger partial charge on any atom is -0.497 e. The molecule has 4 rings (SSSR count). The van der Waals surface area contributed by atoms with Crippen molar-refractivity contribution in [3.05, 3.63) is 78.1 Å². The van der Waals surface area contributed by atoms with Gasteiger partial charge in [0.05, 0.1) is 26.2 Å². The van der Waals surface area contributed by atoms with Gasteiger partial charge in [-0.1, -0.05) is 0 Å². The molecule has 1 aromatic heterocycles. The number of likely N-dealkylation sites (N-methyl/N-ethyl adjacent to an activating group) is 1. The summed E-state index contributed by atoms with van der Waals surface area (Å²) >= 11 is 0. The number of methoxy groups -OCH3 is 1. The minimum atomic E-state index is -0.411. The lowest BCUT2D eigenvalue weighted by atomic mass is 10.1. The highest BCUT2D eigenvalue weighted by atomic mass is 16.5. The van der Waals surface area contributed by atoms with Crippen molar-refractivity contribution in [3.8, 4) is 11.5 Å². The van der Waals surface area contributed by atoms with E-state index in [0.717, 1.165) is 12.1 Å². The van der Waals surface area contributed by atoms with Crippen molar-refractivity contribution in [3.63, 3.8) is 0 Å². The van der Waals surface area contributed by atoms with E-state index in [4.69, 9.17) is 9.47 Å². The molecule has 3 N–H and O–H groups in total. The molecular weight excluding hydrogens is 510 g/mol. The molecule has 2 atom stereocenters. The number of carbonyl (C=O) groups is 2. The molecule has 1 aliphatic rings. The summed E-state index contributed by atoms with van der Waals surface area (Å²) in [5.41, 5.74) is 2.97. The van der Waals surface area contributed by atoms with Gasteiger partial charge >= 0.3 is 6.03 Å². The molecular formula is C30H37N5O5. The summed E-state index contributed by atoms with van der Waals surface area (Å²) < 4.78 is 11.6. The van der Waals surface area contributed by atoms with E-state index in [1.807, 2.05) is 26.1 Å². The predicted molar refractivity (Wildman–Crippen MR) is 154 cm³/mol. The number of hydrogen-bond donors (Lipinski definition) is 3. The van der Waals surface area contributed by atoms with E-state index in [0.29, 0.717) is 47.9 Å². The molecule has 40 heavy (non-hydrogen) atoms. The number of nitrogens with zero attached hydrogens (tertiary/aromatic N) is 3. The van der Waals surface area contributed by atoms with Crippen LogP contribution in [0, 0.1) is 0 Å². The maximum atomic E-state index is 13.3. The van der Waals surface area contributed by atoms with Crippen molar-refractivity contribution in [2.75, 3.05) is 44.5 Å². The number of aliphatic hydroxyl groups is 1. The number of rotatable bonds is 9. The second-order valence-corrected chi connectivity index (χ2v) is 10.0. The van der Waals surface area contributed by atoms with Crippen LogP contribution in [0.2, 0.25) is 0 Å². The van der Waals surface area contributed by atoms with Crippen molar-refractivity contribution in [1.29, 1.82) is 0 Å². The molecule has 2 heterocycles. The van der Waals surface area contributed by atoms with E-state index >= 15 is 0 Å². The predicted octanol–water partition coefficient (Wildman–Crippen LogP) is 3.77. The number of amides is 3. The molecule has 0 radical (unpaired) electrons. The molecule has 0 spiro atoms. The second kappa shape index (κ2) is 13.8. The number of urea groups is 1. The molecule has 3 amide bonds. The Kier molecular flexibility index (Phi) is 9.93. The van der Waals surface area contributed by atoms with Gasteiger partial charge in [0.25, 0.3) is 0 Å².